The summed E-state index contributed by atoms with van der Waals surface area (Å²) in [7, 11) is -5.23. The number of halogens is 5. The summed E-state index contributed by atoms with van der Waals surface area (Å²) in [6, 6.07) is 6.12. The van der Waals surface area contributed by atoms with E-state index in [2.05, 4.69) is 3.63 Å². The third-order valence-electron chi connectivity index (χ3n) is 2.66. The molecule has 0 unspecified atom stereocenters. The quantitative estimate of drug-likeness (QED) is 0.352. The van der Waals surface area contributed by atoms with Crippen molar-refractivity contribution in [2.24, 2.45) is 0 Å². The molecule has 3 nitrogen and oxygen atoms in total. The molecule has 2 aromatic rings. The second-order valence-electron chi connectivity index (χ2n) is 4.32. The van der Waals surface area contributed by atoms with Crippen LogP contribution in [0.25, 0.3) is 0 Å². The van der Waals surface area contributed by atoms with E-state index in [9.17, 15) is 30.4 Å². The zero-order valence-electron chi connectivity index (χ0n) is 11.2. The highest BCUT2D eigenvalue weighted by atomic mass is 32.3. The molecule has 0 saturated heterocycles. The molecule has 2 rings (SSSR count). The smallest absolute Gasteiger partial charge is 0.202 e. The molecule has 2 aromatic carbocycles. The average molecular weight is 370 g/mol. The first-order chi connectivity index (χ1) is 10.6. The fourth-order valence-electron chi connectivity index (χ4n) is 1.52. The van der Waals surface area contributed by atoms with E-state index < -0.39 is 44.1 Å². The maximum atomic E-state index is 13.5. The van der Waals surface area contributed by atoms with Gasteiger partial charge < -0.3 is 0 Å². The minimum Gasteiger partial charge on any atom is -0.202 e. The summed E-state index contributed by atoms with van der Waals surface area (Å²) in [5.74, 6) is -12.2. The van der Waals surface area contributed by atoms with Crippen molar-refractivity contribution in [3.8, 4) is 0 Å². The Kier molecular flexibility index (Phi) is 4.97. The third-order valence-corrected chi connectivity index (χ3v) is 4.97. The van der Waals surface area contributed by atoms with E-state index in [1.54, 1.807) is 19.1 Å². The van der Waals surface area contributed by atoms with Crippen molar-refractivity contribution in [1.82, 2.24) is 0 Å². The Morgan fingerprint density at radius 2 is 1.26 bits per heavy atom. The Bertz CT molecular complexity index is 822. The molecule has 0 amide bonds. The van der Waals surface area contributed by atoms with Crippen LogP contribution < -0.4 is 0 Å². The topological polar surface area (TPSA) is 43.4 Å². The van der Waals surface area contributed by atoms with E-state index in [0.29, 0.717) is 0 Å². The van der Waals surface area contributed by atoms with Crippen molar-refractivity contribution >= 4 is 22.2 Å². The molecule has 0 radical (unpaired) electrons. The van der Waals surface area contributed by atoms with Gasteiger partial charge >= 0.3 is 10.1 Å². The molecule has 0 aliphatic heterocycles. The summed E-state index contributed by atoms with van der Waals surface area (Å²) in [6.45, 7) is 1.76. The maximum absolute atomic E-state index is 13.5. The van der Waals surface area contributed by atoms with Gasteiger partial charge in [-0.05, 0) is 19.1 Å². The van der Waals surface area contributed by atoms with Crippen LogP contribution in [0.3, 0.4) is 0 Å². The van der Waals surface area contributed by atoms with E-state index in [1.165, 1.54) is 12.1 Å². The van der Waals surface area contributed by atoms with Gasteiger partial charge in [0.2, 0.25) is 5.82 Å². The Balaban J connectivity index is 2.39. The van der Waals surface area contributed by atoms with Crippen LogP contribution in [0.2, 0.25) is 0 Å². The van der Waals surface area contributed by atoms with Crippen molar-refractivity contribution in [3.63, 3.8) is 0 Å². The molecule has 0 spiro atoms. The molecular weight excluding hydrogens is 363 g/mol. The van der Waals surface area contributed by atoms with E-state index in [0.717, 1.165) is 5.56 Å². The first kappa shape index (κ1) is 17.7. The minimum absolute atomic E-state index is 0.204. The standard InChI is InChI=1S/C13H7F5O3S2/c1-6-2-4-7(5-3-6)22-21-23(19,20)13-11(17)9(15)8(14)10(16)12(13)18/h2-5H,1H3. The molecule has 0 heterocycles. The largest absolute Gasteiger partial charge is 0.314 e. The summed E-state index contributed by atoms with van der Waals surface area (Å²) in [4.78, 5) is -1.78. The maximum Gasteiger partial charge on any atom is 0.314 e. The monoisotopic (exact) mass is 370 g/mol. The van der Waals surface area contributed by atoms with Gasteiger partial charge in [0, 0.05) is 16.9 Å². The van der Waals surface area contributed by atoms with Crippen molar-refractivity contribution in [2.75, 3.05) is 0 Å². The predicted octanol–water partition coefficient (Wildman–Crippen LogP) is 4.10. The van der Waals surface area contributed by atoms with Crippen molar-refractivity contribution in [2.45, 2.75) is 16.7 Å². The lowest BCUT2D eigenvalue weighted by Crippen LogP contribution is -2.13. The third kappa shape index (κ3) is 3.48. The van der Waals surface area contributed by atoms with Gasteiger partial charge in [0.15, 0.2) is 28.2 Å². The molecule has 124 valence electrons. The zero-order chi connectivity index (χ0) is 17.4. The van der Waals surface area contributed by atoms with Crippen molar-refractivity contribution in [1.29, 1.82) is 0 Å². The molecule has 0 aliphatic rings. The van der Waals surface area contributed by atoms with E-state index in [4.69, 9.17) is 0 Å². The van der Waals surface area contributed by atoms with Crippen LogP contribution in [0, 0.1) is 36.0 Å². The van der Waals surface area contributed by atoms with Crippen LogP contribution in [0.5, 0.6) is 0 Å². The van der Waals surface area contributed by atoms with Crippen LogP contribution in [0.15, 0.2) is 34.1 Å². The van der Waals surface area contributed by atoms with Gasteiger partial charge in [0.1, 0.15) is 0 Å². The Labute approximate surface area is 132 Å². The van der Waals surface area contributed by atoms with Gasteiger partial charge in [-0.25, -0.2) is 22.0 Å². The van der Waals surface area contributed by atoms with Gasteiger partial charge in [0.25, 0.3) is 0 Å². The summed E-state index contributed by atoms with van der Waals surface area (Å²) in [5.41, 5.74) is 0.858. The van der Waals surface area contributed by atoms with Crippen molar-refractivity contribution in [3.05, 3.63) is 58.9 Å². The van der Waals surface area contributed by atoms with Crippen LogP contribution in [0.4, 0.5) is 22.0 Å². The first-order valence-corrected chi connectivity index (χ1v) is 7.99. The molecule has 0 aromatic heterocycles. The second-order valence-corrected chi connectivity index (χ2v) is 6.82. The number of rotatable bonds is 4. The van der Waals surface area contributed by atoms with Crippen molar-refractivity contribution < 1.29 is 34.0 Å². The highest BCUT2D eigenvalue weighted by Crippen LogP contribution is 2.31. The first-order valence-electron chi connectivity index (χ1n) is 5.84. The van der Waals surface area contributed by atoms with Crippen LogP contribution in [0.1, 0.15) is 5.56 Å². The fourth-order valence-corrected chi connectivity index (χ4v) is 3.33. The van der Waals surface area contributed by atoms with Gasteiger partial charge in [-0.15, -0.1) is 0 Å². The number of hydrogen-bond donors (Lipinski definition) is 0. The fraction of sp³-hybridized carbons (Fsp3) is 0.0769. The molecule has 0 aliphatic carbocycles. The minimum atomic E-state index is -5.23. The molecule has 0 atom stereocenters. The summed E-state index contributed by atoms with van der Waals surface area (Å²) < 4.78 is 93.8. The molecule has 10 heteroatoms. The lowest BCUT2D eigenvalue weighted by atomic mass is 10.2. The molecular formula is C13H7F5O3S2. The highest BCUT2D eigenvalue weighted by molar-refractivity contribution is 8.04. The van der Waals surface area contributed by atoms with Crippen LogP contribution in [-0.4, -0.2) is 8.42 Å². The Morgan fingerprint density at radius 3 is 1.74 bits per heavy atom. The summed E-state index contributed by atoms with van der Waals surface area (Å²) in [5, 5.41) is 0. The number of hydrogen-bond acceptors (Lipinski definition) is 4. The Morgan fingerprint density at radius 1 is 0.826 bits per heavy atom. The van der Waals surface area contributed by atoms with E-state index in [1.807, 2.05) is 0 Å². The van der Waals surface area contributed by atoms with Crippen LogP contribution in [-0.2, 0) is 13.7 Å². The van der Waals surface area contributed by atoms with Gasteiger partial charge in [-0.1, -0.05) is 17.7 Å². The van der Waals surface area contributed by atoms with Crippen LogP contribution >= 0.6 is 12.0 Å². The predicted molar refractivity (Wildman–Crippen MR) is 71.5 cm³/mol. The number of aryl methyl sites for hydroxylation is 1. The second kappa shape index (κ2) is 6.46. The molecule has 0 saturated carbocycles. The lowest BCUT2D eigenvalue weighted by molar-refractivity contribution is 0.354. The molecule has 23 heavy (non-hydrogen) atoms. The average Bonchev–Trinajstić information content (AvgIpc) is 2.50. The van der Waals surface area contributed by atoms with E-state index >= 15 is 0 Å². The SMILES string of the molecule is Cc1ccc(SOS(=O)(=O)c2c(F)c(F)c(F)c(F)c2F)cc1. The summed E-state index contributed by atoms with van der Waals surface area (Å²) in [6.07, 6.45) is 0. The molecule has 0 bridgehead atoms. The number of benzene rings is 2. The summed E-state index contributed by atoms with van der Waals surface area (Å²) >= 11 is 0.204. The zero-order valence-corrected chi connectivity index (χ0v) is 12.9. The Hall–Kier alpha value is -1.65. The normalized spacial score (nSPS) is 11.7. The van der Waals surface area contributed by atoms with Gasteiger partial charge in [-0.2, -0.15) is 12.0 Å². The highest BCUT2D eigenvalue weighted by Gasteiger charge is 2.34. The lowest BCUT2D eigenvalue weighted by Gasteiger charge is -2.08. The molecule has 0 N–H and O–H groups in total. The molecule has 0 fully saturated rings. The van der Waals surface area contributed by atoms with Gasteiger partial charge in [-0.3, -0.25) is 0 Å². The van der Waals surface area contributed by atoms with E-state index in [-0.39, 0.29) is 16.9 Å². The van der Waals surface area contributed by atoms with Gasteiger partial charge in [0.05, 0.1) is 0 Å².